The van der Waals surface area contributed by atoms with Crippen LogP contribution in [0.4, 0.5) is 0 Å². The second kappa shape index (κ2) is 4.74. The normalized spacial score (nSPS) is 10.5. The van der Waals surface area contributed by atoms with E-state index in [0.717, 1.165) is 27.1 Å². The minimum Gasteiger partial charge on any atom is -0.277 e. The Kier molecular flexibility index (Phi) is 2.94. The van der Waals surface area contributed by atoms with Crippen LogP contribution >= 0.6 is 15.9 Å². The summed E-state index contributed by atoms with van der Waals surface area (Å²) >= 11 is 3.43. The number of benzene rings is 1. The first-order valence-electron chi connectivity index (χ1n) is 5.56. The van der Waals surface area contributed by atoms with Gasteiger partial charge in [0, 0.05) is 11.8 Å². The van der Waals surface area contributed by atoms with E-state index in [9.17, 15) is 0 Å². The van der Waals surface area contributed by atoms with Crippen molar-refractivity contribution in [3.05, 3.63) is 59.3 Å². The molecule has 0 radical (unpaired) electrons. The third-order valence-corrected chi connectivity index (χ3v) is 3.33. The predicted octanol–water partition coefficient (Wildman–Crippen LogP) is 3.90. The van der Waals surface area contributed by atoms with E-state index in [0.29, 0.717) is 0 Å². The number of aromatic nitrogens is 3. The fourth-order valence-electron chi connectivity index (χ4n) is 1.80. The van der Waals surface area contributed by atoms with E-state index < -0.39 is 0 Å². The lowest BCUT2D eigenvalue weighted by atomic mass is 10.1. The van der Waals surface area contributed by atoms with Crippen molar-refractivity contribution in [1.82, 2.24) is 15.2 Å². The summed E-state index contributed by atoms with van der Waals surface area (Å²) in [6, 6.07) is 16.0. The van der Waals surface area contributed by atoms with Crippen molar-refractivity contribution in [2.45, 2.75) is 0 Å². The molecule has 0 saturated heterocycles. The zero-order chi connectivity index (χ0) is 12.4. The van der Waals surface area contributed by atoms with Gasteiger partial charge in [-0.25, -0.2) is 4.98 Å². The van der Waals surface area contributed by atoms with E-state index in [1.165, 1.54) is 0 Å². The number of hydrogen-bond donors (Lipinski definition) is 1. The Hall–Kier alpha value is -1.94. The predicted molar refractivity (Wildman–Crippen MR) is 75.0 cm³/mol. The van der Waals surface area contributed by atoms with Gasteiger partial charge in [-0.15, -0.1) is 0 Å². The van der Waals surface area contributed by atoms with E-state index in [2.05, 4.69) is 43.2 Å². The number of nitrogens with one attached hydrogen (secondary N) is 1. The molecule has 0 spiro atoms. The van der Waals surface area contributed by atoms with Crippen LogP contribution < -0.4 is 0 Å². The second-order valence-corrected chi connectivity index (χ2v) is 4.63. The van der Waals surface area contributed by atoms with Crippen LogP contribution in [0, 0.1) is 0 Å². The molecule has 3 nitrogen and oxygen atoms in total. The lowest BCUT2D eigenvalue weighted by Crippen LogP contribution is -1.82. The molecule has 4 heteroatoms. The maximum Gasteiger partial charge on any atom is 0.115 e. The molecule has 0 aliphatic carbocycles. The standard InChI is InChI=1S/C14H10BrN3/c15-14-11(7-4-8-16-14)13-9-12(17-18-13)10-5-2-1-3-6-10/h1-9H,(H,17,18). The third kappa shape index (κ3) is 2.07. The van der Waals surface area contributed by atoms with Crippen LogP contribution in [0.15, 0.2) is 59.3 Å². The van der Waals surface area contributed by atoms with Crippen molar-refractivity contribution in [3.63, 3.8) is 0 Å². The average molecular weight is 300 g/mol. The molecule has 0 fully saturated rings. The molecule has 88 valence electrons. The fraction of sp³-hybridized carbons (Fsp3) is 0. The summed E-state index contributed by atoms with van der Waals surface area (Å²) < 4.78 is 0.802. The van der Waals surface area contributed by atoms with Gasteiger partial charge in [0.25, 0.3) is 0 Å². The summed E-state index contributed by atoms with van der Waals surface area (Å²) in [5.41, 5.74) is 3.99. The quantitative estimate of drug-likeness (QED) is 0.729. The van der Waals surface area contributed by atoms with Crippen LogP contribution in [0.1, 0.15) is 0 Å². The van der Waals surface area contributed by atoms with Gasteiger partial charge in [-0.05, 0) is 39.7 Å². The van der Waals surface area contributed by atoms with Crippen molar-refractivity contribution >= 4 is 15.9 Å². The van der Waals surface area contributed by atoms with Gasteiger partial charge in [0.1, 0.15) is 4.60 Å². The van der Waals surface area contributed by atoms with Crippen LogP contribution in [0.2, 0.25) is 0 Å². The molecule has 3 aromatic rings. The molecule has 0 amide bonds. The molecular weight excluding hydrogens is 290 g/mol. The number of halogens is 1. The highest BCUT2D eigenvalue weighted by atomic mass is 79.9. The zero-order valence-electron chi connectivity index (χ0n) is 9.47. The molecule has 0 aliphatic rings. The maximum atomic E-state index is 4.33. The van der Waals surface area contributed by atoms with E-state index in [1.807, 2.05) is 36.4 Å². The highest BCUT2D eigenvalue weighted by molar-refractivity contribution is 9.10. The molecule has 0 unspecified atom stereocenters. The van der Waals surface area contributed by atoms with Gasteiger partial charge >= 0.3 is 0 Å². The highest BCUT2D eigenvalue weighted by Gasteiger charge is 2.08. The third-order valence-electron chi connectivity index (χ3n) is 2.70. The van der Waals surface area contributed by atoms with E-state index in [1.54, 1.807) is 6.20 Å². The number of pyridine rings is 1. The Bertz CT molecular complexity index is 662. The Morgan fingerprint density at radius 1 is 1.00 bits per heavy atom. The summed E-state index contributed by atoms with van der Waals surface area (Å²) in [6.07, 6.45) is 1.75. The zero-order valence-corrected chi connectivity index (χ0v) is 11.1. The number of aromatic amines is 1. The van der Waals surface area contributed by atoms with E-state index in [4.69, 9.17) is 0 Å². The first kappa shape index (κ1) is 11.2. The summed E-state index contributed by atoms with van der Waals surface area (Å²) in [5.74, 6) is 0. The maximum absolute atomic E-state index is 4.33. The number of H-pyrrole nitrogens is 1. The van der Waals surface area contributed by atoms with Gasteiger partial charge in [0.15, 0.2) is 0 Å². The van der Waals surface area contributed by atoms with Crippen molar-refractivity contribution in [2.75, 3.05) is 0 Å². The summed E-state index contributed by atoms with van der Waals surface area (Å²) in [6.45, 7) is 0. The van der Waals surface area contributed by atoms with Crippen LogP contribution in [-0.4, -0.2) is 15.2 Å². The molecule has 0 bridgehead atoms. The van der Waals surface area contributed by atoms with Gasteiger partial charge in [-0.1, -0.05) is 30.3 Å². The minimum absolute atomic E-state index is 0.802. The largest absolute Gasteiger partial charge is 0.277 e. The van der Waals surface area contributed by atoms with Gasteiger partial charge in [-0.3, -0.25) is 5.10 Å². The van der Waals surface area contributed by atoms with Gasteiger partial charge < -0.3 is 0 Å². The molecule has 1 aromatic carbocycles. The first-order chi connectivity index (χ1) is 8.84. The van der Waals surface area contributed by atoms with Crippen LogP contribution in [0.25, 0.3) is 22.5 Å². The molecule has 3 rings (SSSR count). The van der Waals surface area contributed by atoms with Crippen molar-refractivity contribution in [2.24, 2.45) is 0 Å². The average Bonchev–Trinajstić information content (AvgIpc) is 2.90. The molecule has 0 atom stereocenters. The first-order valence-corrected chi connectivity index (χ1v) is 6.35. The lowest BCUT2D eigenvalue weighted by Gasteiger charge is -1.97. The fourth-order valence-corrected chi connectivity index (χ4v) is 2.26. The number of nitrogens with zero attached hydrogens (tertiary/aromatic N) is 2. The van der Waals surface area contributed by atoms with Crippen molar-refractivity contribution in [1.29, 1.82) is 0 Å². The van der Waals surface area contributed by atoms with Crippen molar-refractivity contribution < 1.29 is 0 Å². The second-order valence-electron chi connectivity index (χ2n) is 3.87. The Labute approximate surface area is 113 Å². The SMILES string of the molecule is Brc1ncccc1-c1cc(-c2ccccc2)[nH]n1. The molecule has 2 heterocycles. The summed E-state index contributed by atoms with van der Waals surface area (Å²) in [5, 5.41) is 7.38. The van der Waals surface area contributed by atoms with Gasteiger partial charge in [-0.2, -0.15) is 5.10 Å². The Morgan fingerprint density at radius 2 is 1.83 bits per heavy atom. The topological polar surface area (TPSA) is 41.6 Å². The molecular formula is C14H10BrN3. The molecule has 2 aromatic heterocycles. The van der Waals surface area contributed by atoms with Crippen molar-refractivity contribution in [3.8, 4) is 22.5 Å². The van der Waals surface area contributed by atoms with E-state index >= 15 is 0 Å². The van der Waals surface area contributed by atoms with E-state index in [-0.39, 0.29) is 0 Å². The van der Waals surface area contributed by atoms with Gasteiger partial charge in [0.2, 0.25) is 0 Å². The van der Waals surface area contributed by atoms with Gasteiger partial charge in [0.05, 0.1) is 11.4 Å². The Balaban J connectivity index is 2.03. The Morgan fingerprint density at radius 3 is 2.61 bits per heavy atom. The number of rotatable bonds is 2. The minimum atomic E-state index is 0.802. The monoisotopic (exact) mass is 299 g/mol. The smallest absolute Gasteiger partial charge is 0.115 e. The molecule has 18 heavy (non-hydrogen) atoms. The summed E-state index contributed by atoms with van der Waals surface area (Å²) in [7, 11) is 0. The highest BCUT2D eigenvalue weighted by Crippen LogP contribution is 2.27. The number of hydrogen-bond acceptors (Lipinski definition) is 2. The van der Waals surface area contributed by atoms with Crippen LogP contribution in [-0.2, 0) is 0 Å². The van der Waals surface area contributed by atoms with Crippen LogP contribution in [0.3, 0.4) is 0 Å². The lowest BCUT2D eigenvalue weighted by molar-refractivity contribution is 1.09. The van der Waals surface area contributed by atoms with Crippen LogP contribution in [0.5, 0.6) is 0 Å². The molecule has 0 aliphatic heterocycles. The molecule has 0 saturated carbocycles. The molecule has 1 N–H and O–H groups in total. The summed E-state index contributed by atoms with van der Waals surface area (Å²) in [4.78, 5) is 4.20.